The molecule has 1 aliphatic rings. The summed E-state index contributed by atoms with van der Waals surface area (Å²) in [6, 6.07) is 13.6. The fourth-order valence-electron chi connectivity index (χ4n) is 2.36. The molecule has 1 amide bonds. The minimum absolute atomic E-state index is 0.114. The quantitative estimate of drug-likeness (QED) is 0.863. The number of fused-ring (bicyclic) bond motifs is 1. The number of hydrogen-bond acceptors (Lipinski definition) is 2. The third kappa shape index (κ3) is 2.88. The molecule has 2 aromatic carbocycles. The smallest absolute Gasteiger partial charge is 0.255 e. The maximum atomic E-state index is 12.0. The van der Waals surface area contributed by atoms with Crippen molar-refractivity contribution in [3.05, 3.63) is 64.7 Å². The molecule has 1 heterocycles. The third-order valence-corrected chi connectivity index (χ3v) is 4.06. The number of rotatable bonds is 2. The van der Waals surface area contributed by atoms with Gasteiger partial charge in [-0.1, -0.05) is 35.9 Å². The monoisotopic (exact) mass is 301 g/mol. The number of alkyl halides is 1. The number of aryl methyl sites for hydroxylation is 1. The number of amides is 1. The summed E-state index contributed by atoms with van der Waals surface area (Å²) in [7, 11) is 0. The van der Waals surface area contributed by atoms with Crippen LogP contribution in [0.3, 0.4) is 0 Å². The molecule has 0 spiro atoms. The Morgan fingerprint density at radius 3 is 2.62 bits per heavy atom. The van der Waals surface area contributed by atoms with Crippen molar-refractivity contribution in [3.63, 3.8) is 0 Å². The predicted octanol–water partition coefficient (Wildman–Crippen LogP) is 3.45. The average molecular weight is 302 g/mol. The number of nitrogens with one attached hydrogen (secondary N) is 1. The maximum Gasteiger partial charge on any atom is 0.255 e. The molecule has 1 atom stereocenters. The van der Waals surface area contributed by atoms with E-state index in [1.165, 1.54) is 5.56 Å². The Balaban J connectivity index is 1.96. The molecule has 0 bridgehead atoms. The summed E-state index contributed by atoms with van der Waals surface area (Å²) in [5, 5.41) is 2.52. The topological polar surface area (TPSA) is 38.3 Å². The van der Waals surface area contributed by atoms with Crippen LogP contribution in [0.15, 0.2) is 42.5 Å². The first-order valence-electron chi connectivity index (χ1n) is 6.91. The van der Waals surface area contributed by atoms with Crippen LogP contribution in [0.4, 0.5) is 0 Å². The number of halogens is 1. The molecule has 0 radical (unpaired) electrons. The first kappa shape index (κ1) is 14.0. The van der Waals surface area contributed by atoms with E-state index in [1.54, 1.807) is 0 Å². The zero-order chi connectivity index (χ0) is 14.8. The van der Waals surface area contributed by atoms with Gasteiger partial charge in [-0.15, -0.1) is 11.6 Å². The molecule has 108 valence electrons. The van der Waals surface area contributed by atoms with Gasteiger partial charge in [0.05, 0.1) is 17.5 Å². The van der Waals surface area contributed by atoms with Crippen molar-refractivity contribution in [1.82, 2.24) is 5.32 Å². The van der Waals surface area contributed by atoms with E-state index < -0.39 is 0 Å². The van der Waals surface area contributed by atoms with Gasteiger partial charge in [0.15, 0.2) is 0 Å². The van der Waals surface area contributed by atoms with Crippen LogP contribution in [-0.4, -0.2) is 19.1 Å². The molecule has 1 aliphatic heterocycles. The molecule has 0 saturated carbocycles. The molecule has 0 saturated heterocycles. The van der Waals surface area contributed by atoms with Crippen molar-refractivity contribution in [1.29, 1.82) is 0 Å². The van der Waals surface area contributed by atoms with Crippen molar-refractivity contribution in [2.45, 2.75) is 12.3 Å². The Labute approximate surface area is 128 Å². The van der Waals surface area contributed by atoms with Crippen LogP contribution in [0.1, 0.15) is 32.4 Å². The van der Waals surface area contributed by atoms with E-state index in [0.29, 0.717) is 24.5 Å². The molecule has 1 N–H and O–H groups in total. The summed E-state index contributed by atoms with van der Waals surface area (Å²) >= 11 is 6.54. The van der Waals surface area contributed by atoms with Crippen LogP contribution in [0, 0.1) is 6.92 Å². The van der Waals surface area contributed by atoms with Gasteiger partial charge in [-0.3, -0.25) is 4.79 Å². The molecule has 4 heteroatoms. The van der Waals surface area contributed by atoms with Gasteiger partial charge < -0.3 is 10.1 Å². The van der Waals surface area contributed by atoms with Crippen molar-refractivity contribution in [3.8, 4) is 5.75 Å². The first-order valence-corrected chi connectivity index (χ1v) is 7.34. The van der Waals surface area contributed by atoms with Crippen LogP contribution in [-0.2, 0) is 0 Å². The fraction of sp³-hybridized carbons (Fsp3) is 0.235. The molecule has 0 aromatic heterocycles. The lowest BCUT2D eigenvalue weighted by Crippen LogP contribution is -2.24. The highest BCUT2D eigenvalue weighted by atomic mass is 35.5. The summed E-state index contributed by atoms with van der Waals surface area (Å²) in [6.07, 6.45) is 0. The highest BCUT2D eigenvalue weighted by Crippen LogP contribution is 2.32. The van der Waals surface area contributed by atoms with Crippen molar-refractivity contribution in [2.75, 3.05) is 13.2 Å². The molecule has 3 nitrogen and oxygen atoms in total. The van der Waals surface area contributed by atoms with Crippen LogP contribution >= 0.6 is 11.6 Å². The second kappa shape index (κ2) is 5.78. The second-order valence-corrected chi connectivity index (χ2v) is 5.57. The van der Waals surface area contributed by atoms with Crippen molar-refractivity contribution in [2.24, 2.45) is 0 Å². The van der Waals surface area contributed by atoms with Gasteiger partial charge in [0.25, 0.3) is 5.91 Å². The number of hydrogen-bond donors (Lipinski definition) is 1. The molecule has 0 aliphatic carbocycles. The van der Waals surface area contributed by atoms with Gasteiger partial charge in [0.2, 0.25) is 0 Å². The predicted molar refractivity (Wildman–Crippen MR) is 83.1 cm³/mol. The lowest BCUT2D eigenvalue weighted by molar-refractivity contribution is 0.0957. The summed E-state index contributed by atoms with van der Waals surface area (Å²) in [4.78, 5) is 12.0. The van der Waals surface area contributed by atoms with Crippen molar-refractivity contribution < 1.29 is 9.53 Å². The molecular formula is C17H16ClNO2. The Morgan fingerprint density at radius 2 is 1.86 bits per heavy atom. The summed E-state index contributed by atoms with van der Waals surface area (Å²) < 4.78 is 5.55. The lowest BCUT2D eigenvalue weighted by Gasteiger charge is -2.13. The Morgan fingerprint density at radius 1 is 1.14 bits per heavy atom. The SMILES string of the molecule is Cc1ccc(C(Cl)c2ccc3c(c2)C(=O)NCCO3)cc1. The van der Waals surface area contributed by atoms with Gasteiger partial charge in [0, 0.05) is 0 Å². The number of carbonyl (C=O) groups excluding carboxylic acids is 1. The minimum atomic E-state index is -0.285. The van der Waals surface area contributed by atoms with Crippen LogP contribution in [0.2, 0.25) is 0 Å². The Bertz CT molecular complexity index is 667. The normalized spacial score (nSPS) is 15.4. The zero-order valence-electron chi connectivity index (χ0n) is 11.7. The van der Waals surface area contributed by atoms with E-state index in [4.69, 9.17) is 16.3 Å². The average Bonchev–Trinajstić information content (AvgIpc) is 2.69. The van der Waals surface area contributed by atoms with E-state index in [2.05, 4.69) is 5.32 Å². The standard InChI is InChI=1S/C17H16ClNO2/c1-11-2-4-12(5-3-11)16(18)13-6-7-15-14(10-13)17(20)19-8-9-21-15/h2-7,10,16H,8-9H2,1H3,(H,19,20). The van der Waals surface area contributed by atoms with Gasteiger partial charge >= 0.3 is 0 Å². The minimum Gasteiger partial charge on any atom is -0.491 e. The van der Waals surface area contributed by atoms with E-state index in [9.17, 15) is 4.79 Å². The van der Waals surface area contributed by atoms with Gasteiger partial charge in [-0.2, -0.15) is 0 Å². The van der Waals surface area contributed by atoms with Gasteiger partial charge in [-0.05, 0) is 30.2 Å². The van der Waals surface area contributed by atoms with Gasteiger partial charge in [-0.25, -0.2) is 0 Å². The molecule has 3 rings (SSSR count). The maximum absolute atomic E-state index is 12.0. The largest absolute Gasteiger partial charge is 0.491 e. The van der Waals surface area contributed by atoms with E-state index in [-0.39, 0.29) is 11.3 Å². The molecule has 1 unspecified atom stereocenters. The highest BCUT2D eigenvalue weighted by molar-refractivity contribution is 6.22. The van der Waals surface area contributed by atoms with E-state index in [0.717, 1.165) is 11.1 Å². The van der Waals surface area contributed by atoms with Crippen LogP contribution in [0.5, 0.6) is 5.75 Å². The summed E-state index contributed by atoms with van der Waals surface area (Å²) in [5.41, 5.74) is 3.64. The van der Waals surface area contributed by atoms with Crippen molar-refractivity contribution >= 4 is 17.5 Å². The van der Waals surface area contributed by atoms with Gasteiger partial charge in [0.1, 0.15) is 12.4 Å². The van der Waals surface area contributed by atoms with Crippen LogP contribution in [0.25, 0.3) is 0 Å². The van der Waals surface area contributed by atoms with E-state index in [1.807, 2.05) is 49.4 Å². The molecule has 2 aromatic rings. The molecule has 0 fully saturated rings. The fourth-order valence-corrected chi connectivity index (χ4v) is 2.64. The Hall–Kier alpha value is -2.00. The molecular weight excluding hydrogens is 286 g/mol. The second-order valence-electron chi connectivity index (χ2n) is 5.13. The summed E-state index contributed by atoms with van der Waals surface area (Å²) in [6.45, 7) is 3.04. The number of benzene rings is 2. The van der Waals surface area contributed by atoms with E-state index >= 15 is 0 Å². The lowest BCUT2D eigenvalue weighted by atomic mass is 10.0. The Kier molecular flexibility index (Phi) is 3.84. The zero-order valence-corrected chi connectivity index (χ0v) is 12.5. The molecule has 21 heavy (non-hydrogen) atoms. The first-order chi connectivity index (χ1) is 10.1. The summed E-state index contributed by atoms with van der Waals surface area (Å²) in [5.74, 6) is 0.499. The number of ether oxygens (including phenoxy) is 1. The third-order valence-electron chi connectivity index (χ3n) is 3.56. The highest BCUT2D eigenvalue weighted by Gasteiger charge is 2.19. The van der Waals surface area contributed by atoms with Crippen LogP contribution < -0.4 is 10.1 Å². The number of carbonyl (C=O) groups is 1.